The molecule has 0 saturated carbocycles. The summed E-state index contributed by atoms with van der Waals surface area (Å²) in [5.41, 5.74) is 0. The molecule has 0 aliphatic carbocycles. The highest BCUT2D eigenvalue weighted by molar-refractivity contribution is 4.87. The van der Waals surface area contributed by atoms with E-state index in [0.717, 1.165) is 12.1 Å². The fraction of sp³-hybridized carbons (Fsp3) is 1.00. The van der Waals surface area contributed by atoms with Crippen molar-refractivity contribution in [2.24, 2.45) is 0 Å². The van der Waals surface area contributed by atoms with Crippen LogP contribution in [0.15, 0.2) is 0 Å². The Morgan fingerprint density at radius 2 is 2.15 bits per heavy atom. The molecule has 0 amide bonds. The van der Waals surface area contributed by atoms with Crippen molar-refractivity contribution in [3.05, 3.63) is 0 Å². The monoisotopic (exact) mass is 183 g/mol. The van der Waals surface area contributed by atoms with Crippen LogP contribution >= 0.6 is 0 Å². The number of nitrogens with zero attached hydrogens (tertiary/aromatic N) is 2. The molecule has 13 heavy (non-hydrogen) atoms. The Hall–Kier alpha value is -0.120. The minimum atomic E-state index is 0.739. The molecule has 2 fully saturated rings. The van der Waals surface area contributed by atoms with Gasteiger partial charge in [0.05, 0.1) is 0 Å². The first-order valence-electron chi connectivity index (χ1n) is 5.42. The zero-order valence-corrected chi connectivity index (χ0v) is 8.79. The largest absolute Gasteiger partial charge is 0.315 e. The van der Waals surface area contributed by atoms with E-state index in [9.17, 15) is 0 Å². The van der Waals surface area contributed by atoms with E-state index in [1.165, 1.54) is 39.1 Å². The molecule has 2 heterocycles. The fourth-order valence-electron chi connectivity index (χ4n) is 2.62. The number of nitrogens with one attached hydrogen (secondary N) is 1. The van der Waals surface area contributed by atoms with E-state index in [-0.39, 0.29) is 0 Å². The number of piperazine rings is 1. The number of hydrogen-bond acceptors (Lipinski definition) is 3. The van der Waals surface area contributed by atoms with Gasteiger partial charge in [0.2, 0.25) is 0 Å². The zero-order chi connectivity index (χ0) is 9.26. The van der Waals surface area contributed by atoms with Crippen LogP contribution in [-0.4, -0.2) is 61.7 Å². The SMILES string of the molecule is CC1CN(C)CCN1C1CCNC1. The molecular weight excluding hydrogens is 162 g/mol. The molecular formula is C10H21N3. The Morgan fingerprint density at radius 1 is 1.31 bits per heavy atom. The van der Waals surface area contributed by atoms with Crippen molar-refractivity contribution in [3.8, 4) is 0 Å². The average Bonchev–Trinajstić information content (AvgIpc) is 2.56. The molecule has 0 radical (unpaired) electrons. The molecule has 2 atom stereocenters. The van der Waals surface area contributed by atoms with Crippen LogP contribution in [0, 0.1) is 0 Å². The molecule has 3 heteroatoms. The molecule has 0 bridgehead atoms. The van der Waals surface area contributed by atoms with Gasteiger partial charge in [-0.2, -0.15) is 0 Å². The third-order valence-electron chi connectivity index (χ3n) is 3.39. The molecule has 2 saturated heterocycles. The Kier molecular flexibility index (Phi) is 2.86. The summed E-state index contributed by atoms with van der Waals surface area (Å²) in [7, 11) is 2.22. The maximum absolute atomic E-state index is 3.45. The summed E-state index contributed by atoms with van der Waals surface area (Å²) in [6.07, 6.45) is 1.34. The second-order valence-electron chi connectivity index (χ2n) is 4.50. The first-order valence-corrected chi connectivity index (χ1v) is 5.42. The molecule has 2 unspecified atom stereocenters. The third-order valence-corrected chi connectivity index (χ3v) is 3.39. The van der Waals surface area contributed by atoms with E-state index >= 15 is 0 Å². The predicted molar refractivity (Wildman–Crippen MR) is 54.9 cm³/mol. The van der Waals surface area contributed by atoms with Gasteiger partial charge < -0.3 is 10.2 Å². The van der Waals surface area contributed by atoms with Gasteiger partial charge in [-0.1, -0.05) is 0 Å². The van der Waals surface area contributed by atoms with Crippen LogP contribution in [0.2, 0.25) is 0 Å². The average molecular weight is 183 g/mol. The minimum Gasteiger partial charge on any atom is -0.315 e. The van der Waals surface area contributed by atoms with E-state index in [1.807, 2.05) is 0 Å². The Bertz CT molecular complexity index is 166. The summed E-state index contributed by atoms with van der Waals surface area (Å²) in [6, 6.07) is 1.55. The molecule has 1 N–H and O–H groups in total. The molecule has 0 aromatic heterocycles. The number of likely N-dealkylation sites (N-methyl/N-ethyl adjacent to an activating group) is 1. The fourth-order valence-corrected chi connectivity index (χ4v) is 2.62. The summed E-state index contributed by atoms with van der Waals surface area (Å²) >= 11 is 0. The van der Waals surface area contributed by atoms with Crippen molar-refractivity contribution >= 4 is 0 Å². The lowest BCUT2D eigenvalue weighted by molar-refractivity contribution is 0.0680. The molecule has 3 nitrogen and oxygen atoms in total. The van der Waals surface area contributed by atoms with Gasteiger partial charge in [-0.3, -0.25) is 4.90 Å². The highest BCUT2D eigenvalue weighted by Gasteiger charge is 2.29. The van der Waals surface area contributed by atoms with Gasteiger partial charge in [0.25, 0.3) is 0 Å². The van der Waals surface area contributed by atoms with Gasteiger partial charge in [-0.25, -0.2) is 0 Å². The van der Waals surface area contributed by atoms with E-state index in [0.29, 0.717) is 0 Å². The van der Waals surface area contributed by atoms with E-state index < -0.39 is 0 Å². The Morgan fingerprint density at radius 3 is 2.77 bits per heavy atom. The zero-order valence-electron chi connectivity index (χ0n) is 8.79. The molecule has 0 spiro atoms. The summed E-state index contributed by atoms with van der Waals surface area (Å²) in [5.74, 6) is 0. The van der Waals surface area contributed by atoms with Crippen LogP contribution in [0.1, 0.15) is 13.3 Å². The van der Waals surface area contributed by atoms with Crippen molar-refractivity contribution in [2.75, 3.05) is 39.8 Å². The van der Waals surface area contributed by atoms with Crippen molar-refractivity contribution in [3.63, 3.8) is 0 Å². The maximum atomic E-state index is 3.45. The molecule has 2 aliphatic heterocycles. The normalized spacial score (nSPS) is 38.3. The van der Waals surface area contributed by atoms with Crippen LogP contribution in [0.4, 0.5) is 0 Å². The van der Waals surface area contributed by atoms with Crippen molar-refractivity contribution in [1.29, 1.82) is 0 Å². The lowest BCUT2D eigenvalue weighted by Gasteiger charge is -2.41. The first-order chi connectivity index (χ1) is 6.27. The van der Waals surface area contributed by atoms with E-state index in [4.69, 9.17) is 0 Å². The van der Waals surface area contributed by atoms with Gasteiger partial charge in [0.15, 0.2) is 0 Å². The van der Waals surface area contributed by atoms with Crippen LogP contribution in [0.25, 0.3) is 0 Å². The molecule has 76 valence electrons. The van der Waals surface area contributed by atoms with Gasteiger partial charge in [0.1, 0.15) is 0 Å². The van der Waals surface area contributed by atoms with Crippen LogP contribution in [0.5, 0.6) is 0 Å². The second-order valence-corrected chi connectivity index (χ2v) is 4.50. The number of hydrogen-bond donors (Lipinski definition) is 1. The maximum Gasteiger partial charge on any atom is 0.0236 e. The third kappa shape index (κ3) is 2.03. The van der Waals surface area contributed by atoms with Crippen LogP contribution in [0.3, 0.4) is 0 Å². The molecule has 2 rings (SSSR count). The highest BCUT2D eigenvalue weighted by atomic mass is 15.3. The standard InChI is InChI=1S/C10H21N3/c1-9-8-12(2)5-6-13(9)10-3-4-11-7-10/h9-11H,3-8H2,1-2H3. The van der Waals surface area contributed by atoms with Crippen molar-refractivity contribution < 1.29 is 0 Å². The van der Waals surface area contributed by atoms with Crippen LogP contribution in [-0.2, 0) is 0 Å². The quantitative estimate of drug-likeness (QED) is 0.616. The highest BCUT2D eigenvalue weighted by Crippen LogP contribution is 2.15. The van der Waals surface area contributed by atoms with E-state index in [2.05, 4.69) is 29.1 Å². The summed E-state index contributed by atoms with van der Waals surface area (Å²) < 4.78 is 0. The van der Waals surface area contributed by atoms with Gasteiger partial charge in [-0.15, -0.1) is 0 Å². The van der Waals surface area contributed by atoms with Crippen LogP contribution < -0.4 is 5.32 Å². The minimum absolute atomic E-state index is 0.739. The van der Waals surface area contributed by atoms with Crippen molar-refractivity contribution in [1.82, 2.24) is 15.1 Å². The summed E-state index contributed by atoms with van der Waals surface area (Å²) in [4.78, 5) is 5.11. The van der Waals surface area contributed by atoms with Gasteiger partial charge >= 0.3 is 0 Å². The predicted octanol–water partition coefficient (Wildman–Crippen LogP) is -0.0158. The van der Waals surface area contributed by atoms with Crippen molar-refractivity contribution in [2.45, 2.75) is 25.4 Å². The second kappa shape index (κ2) is 3.95. The van der Waals surface area contributed by atoms with Gasteiger partial charge in [-0.05, 0) is 26.9 Å². The Balaban J connectivity index is 1.91. The molecule has 0 aromatic rings. The Labute approximate surface area is 81.1 Å². The summed E-state index contributed by atoms with van der Waals surface area (Å²) in [5, 5.41) is 3.45. The molecule has 0 aromatic carbocycles. The number of rotatable bonds is 1. The van der Waals surface area contributed by atoms with E-state index in [1.54, 1.807) is 0 Å². The molecule has 2 aliphatic rings. The lowest BCUT2D eigenvalue weighted by Crippen LogP contribution is -2.54. The van der Waals surface area contributed by atoms with Gasteiger partial charge in [0, 0.05) is 38.3 Å². The summed E-state index contributed by atoms with van der Waals surface area (Å²) in [6.45, 7) is 8.49. The lowest BCUT2D eigenvalue weighted by atomic mass is 10.1. The first kappa shape index (κ1) is 9.44. The topological polar surface area (TPSA) is 18.5 Å². The smallest absolute Gasteiger partial charge is 0.0236 e.